The van der Waals surface area contributed by atoms with Crippen molar-refractivity contribution < 1.29 is 9.59 Å². The Morgan fingerprint density at radius 1 is 1.00 bits per heavy atom. The Bertz CT molecular complexity index is 811. The Labute approximate surface area is 148 Å². The zero-order chi connectivity index (χ0) is 17.3. The summed E-state index contributed by atoms with van der Waals surface area (Å²) in [6.07, 6.45) is 1.61. The third-order valence-electron chi connectivity index (χ3n) is 3.70. The number of carbonyl (C=O) groups is 2. The van der Waals surface area contributed by atoms with Crippen molar-refractivity contribution in [1.29, 1.82) is 0 Å². The molecule has 0 radical (unpaired) electrons. The zero-order valence-electron chi connectivity index (χ0n) is 13.3. The first kappa shape index (κ1) is 16.3. The molecule has 0 saturated carbocycles. The van der Waals surface area contributed by atoms with Crippen molar-refractivity contribution >= 4 is 45.2 Å². The van der Waals surface area contributed by atoms with E-state index in [0.717, 1.165) is 15.7 Å². The first-order valence-corrected chi connectivity index (χ1v) is 8.15. The molecular weight excluding hydrogens is 370 g/mol. The molecule has 1 saturated heterocycles. The number of anilines is 2. The summed E-state index contributed by atoms with van der Waals surface area (Å²) in [7, 11) is 3.91. The van der Waals surface area contributed by atoms with Crippen molar-refractivity contribution in [2.24, 2.45) is 0 Å². The molecule has 0 atom stereocenters. The highest BCUT2D eigenvalue weighted by atomic mass is 79.9. The van der Waals surface area contributed by atoms with Gasteiger partial charge in [0.25, 0.3) is 11.8 Å². The molecule has 1 fully saturated rings. The average Bonchev–Trinajstić information content (AvgIpc) is 2.84. The highest BCUT2D eigenvalue weighted by molar-refractivity contribution is 9.10. The highest BCUT2D eigenvalue weighted by Gasteiger charge is 2.34. The van der Waals surface area contributed by atoms with E-state index in [1.807, 2.05) is 55.4 Å². The molecule has 2 amide bonds. The van der Waals surface area contributed by atoms with E-state index >= 15 is 0 Å². The van der Waals surface area contributed by atoms with E-state index in [0.29, 0.717) is 5.69 Å². The van der Waals surface area contributed by atoms with E-state index in [1.54, 1.807) is 18.2 Å². The van der Waals surface area contributed by atoms with Crippen LogP contribution in [-0.4, -0.2) is 25.9 Å². The molecule has 1 heterocycles. The smallest absolute Gasteiger partial charge is 0.282 e. The maximum absolute atomic E-state index is 12.5. The van der Waals surface area contributed by atoms with Gasteiger partial charge in [0.1, 0.15) is 5.57 Å². The van der Waals surface area contributed by atoms with Gasteiger partial charge in [0, 0.05) is 24.3 Å². The van der Waals surface area contributed by atoms with Gasteiger partial charge in [0.15, 0.2) is 0 Å². The largest absolute Gasteiger partial charge is 0.378 e. The molecule has 1 N–H and O–H groups in total. The number of carbonyl (C=O) groups excluding carboxylic acids is 2. The van der Waals surface area contributed by atoms with Crippen LogP contribution in [0.5, 0.6) is 0 Å². The van der Waals surface area contributed by atoms with E-state index in [-0.39, 0.29) is 11.5 Å². The molecule has 0 spiro atoms. The molecule has 6 heteroatoms. The van der Waals surface area contributed by atoms with Gasteiger partial charge in [-0.3, -0.25) is 15.0 Å². The topological polar surface area (TPSA) is 52.7 Å². The molecule has 0 aliphatic carbocycles. The molecule has 2 aromatic carbocycles. The van der Waals surface area contributed by atoms with Crippen molar-refractivity contribution in [1.82, 2.24) is 5.43 Å². The Hall–Kier alpha value is -2.60. The number of benzene rings is 2. The average molecular weight is 386 g/mol. The number of nitrogens with one attached hydrogen (secondary N) is 1. The second-order valence-electron chi connectivity index (χ2n) is 5.60. The number of rotatable bonds is 3. The number of nitrogens with zero attached hydrogens (tertiary/aromatic N) is 2. The van der Waals surface area contributed by atoms with Gasteiger partial charge in [-0.25, -0.2) is 5.01 Å². The molecule has 122 valence electrons. The first-order valence-electron chi connectivity index (χ1n) is 7.36. The maximum Gasteiger partial charge on any atom is 0.282 e. The maximum atomic E-state index is 12.5. The van der Waals surface area contributed by atoms with E-state index in [4.69, 9.17) is 0 Å². The van der Waals surface area contributed by atoms with Crippen molar-refractivity contribution in [3.05, 3.63) is 64.1 Å². The van der Waals surface area contributed by atoms with Gasteiger partial charge >= 0.3 is 0 Å². The minimum absolute atomic E-state index is 0.121. The van der Waals surface area contributed by atoms with Crippen LogP contribution in [0.2, 0.25) is 0 Å². The van der Waals surface area contributed by atoms with Gasteiger partial charge < -0.3 is 4.90 Å². The predicted molar refractivity (Wildman–Crippen MR) is 98.5 cm³/mol. The van der Waals surface area contributed by atoms with Crippen LogP contribution in [0.3, 0.4) is 0 Å². The van der Waals surface area contributed by atoms with Crippen molar-refractivity contribution in [2.75, 3.05) is 24.0 Å². The predicted octanol–water partition coefficient (Wildman–Crippen LogP) is 2.98. The number of amides is 2. The normalized spacial score (nSPS) is 15.8. The van der Waals surface area contributed by atoms with Gasteiger partial charge in [0.05, 0.1) is 5.69 Å². The molecule has 2 aromatic rings. The molecule has 0 unspecified atom stereocenters. The SMILES string of the molecule is CN(C)c1ccc(/C=C2\C(=O)NN(c3ccc(Br)cc3)C2=O)cc1. The Balaban J connectivity index is 1.87. The van der Waals surface area contributed by atoms with Crippen LogP contribution in [0.1, 0.15) is 5.56 Å². The van der Waals surface area contributed by atoms with Crippen LogP contribution in [0.4, 0.5) is 11.4 Å². The lowest BCUT2D eigenvalue weighted by molar-refractivity contribution is -0.117. The first-order chi connectivity index (χ1) is 11.5. The van der Waals surface area contributed by atoms with Crippen molar-refractivity contribution in [2.45, 2.75) is 0 Å². The molecule has 1 aliphatic heterocycles. The summed E-state index contributed by atoms with van der Waals surface area (Å²) in [5, 5.41) is 1.26. The summed E-state index contributed by atoms with van der Waals surface area (Å²) in [5.41, 5.74) is 5.18. The van der Waals surface area contributed by atoms with E-state index < -0.39 is 5.91 Å². The standard InChI is InChI=1S/C18H16BrN3O2/c1-21(2)14-7-3-12(4-8-14)11-16-17(23)20-22(18(16)24)15-9-5-13(19)6-10-15/h3-11H,1-2H3,(H,20,23)/b16-11+. The van der Waals surface area contributed by atoms with Gasteiger partial charge in [-0.15, -0.1) is 0 Å². The van der Waals surface area contributed by atoms with Crippen molar-refractivity contribution in [3.8, 4) is 0 Å². The Morgan fingerprint density at radius 2 is 1.62 bits per heavy atom. The summed E-state index contributed by atoms with van der Waals surface area (Å²) in [4.78, 5) is 26.7. The summed E-state index contributed by atoms with van der Waals surface area (Å²) >= 11 is 3.35. The Kier molecular flexibility index (Phi) is 4.40. The minimum Gasteiger partial charge on any atom is -0.378 e. The van der Waals surface area contributed by atoms with Gasteiger partial charge in [-0.2, -0.15) is 0 Å². The van der Waals surface area contributed by atoms with E-state index in [9.17, 15) is 9.59 Å². The summed E-state index contributed by atoms with van der Waals surface area (Å²) in [6.45, 7) is 0. The molecular formula is C18H16BrN3O2. The monoisotopic (exact) mass is 385 g/mol. The summed E-state index contributed by atoms with van der Waals surface area (Å²) in [6, 6.07) is 14.8. The molecule has 0 bridgehead atoms. The minimum atomic E-state index is -0.403. The molecule has 1 aliphatic rings. The molecule has 24 heavy (non-hydrogen) atoms. The van der Waals surface area contributed by atoms with Gasteiger partial charge in [-0.05, 0) is 48.0 Å². The fourth-order valence-electron chi connectivity index (χ4n) is 2.36. The van der Waals surface area contributed by atoms with Gasteiger partial charge in [-0.1, -0.05) is 28.1 Å². The highest BCUT2D eigenvalue weighted by Crippen LogP contribution is 2.23. The zero-order valence-corrected chi connectivity index (χ0v) is 14.9. The van der Waals surface area contributed by atoms with Crippen LogP contribution < -0.4 is 15.3 Å². The van der Waals surface area contributed by atoms with Crippen LogP contribution in [0.25, 0.3) is 6.08 Å². The fraction of sp³-hybridized carbons (Fsp3) is 0.111. The molecule has 5 nitrogen and oxygen atoms in total. The third-order valence-corrected chi connectivity index (χ3v) is 4.23. The number of hydrogen-bond donors (Lipinski definition) is 1. The number of hydrazine groups is 1. The molecule has 0 aromatic heterocycles. The van der Waals surface area contributed by atoms with Crippen LogP contribution >= 0.6 is 15.9 Å². The van der Waals surface area contributed by atoms with E-state index in [2.05, 4.69) is 21.4 Å². The lowest BCUT2D eigenvalue weighted by Crippen LogP contribution is -2.35. The quantitative estimate of drug-likeness (QED) is 0.652. The van der Waals surface area contributed by atoms with Gasteiger partial charge in [0.2, 0.25) is 0 Å². The van der Waals surface area contributed by atoms with Crippen LogP contribution in [0, 0.1) is 0 Å². The third kappa shape index (κ3) is 3.19. The summed E-state index contributed by atoms with van der Waals surface area (Å²) in [5.74, 6) is -0.765. The lowest BCUT2D eigenvalue weighted by Gasteiger charge is -2.14. The lowest BCUT2D eigenvalue weighted by atomic mass is 10.1. The number of halogens is 1. The fourth-order valence-corrected chi connectivity index (χ4v) is 2.63. The summed E-state index contributed by atoms with van der Waals surface area (Å²) < 4.78 is 0.904. The molecule has 3 rings (SSSR count). The second kappa shape index (κ2) is 6.49. The Morgan fingerprint density at radius 3 is 2.21 bits per heavy atom. The second-order valence-corrected chi connectivity index (χ2v) is 6.52. The van der Waals surface area contributed by atoms with E-state index in [1.165, 1.54) is 5.01 Å². The van der Waals surface area contributed by atoms with Crippen LogP contribution in [-0.2, 0) is 9.59 Å². The van der Waals surface area contributed by atoms with Crippen molar-refractivity contribution in [3.63, 3.8) is 0 Å². The van der Waals surface area contributed by atoms with Crippen LogP contribution in [0.15, 0.2) is 58.6 Å². The number of hydrogen-bond acceptors (Lipinski definition) is 3.